The first-order chi connectivity index (χ1) is 15.3. The number of rotatable bonds is 5. The van der Waals surface area contributed by atoms with Crippen molar-refractivity contribution in [3.63, 3.8) is 0 Å². The monoisotopic (exact) mass is 420 g/mol. The normalized spacial score (nSPS) is 10.7. The minimum absolute atomic E-state index is 0.222. The fourth-order valence-corrected chi connectivity index (χ4v) is 7.82. The molecule has 0 spiro atoms. The van der Waals surface area contributed by atoms with Crippen LogP contribution in [-0.2, 0) is 4.79 Å². The van der Waals surface area contributed by atoms with Crippen molar-refractivity contribution < 1.29 is 4.79 Å². The van der Waals surface area contributed by atoms with E-state index in [1.807, 2.05) is 121 Å². The zero-order valence-corrected chi connectivity index (χ0v) is 17.7. The van der Waals surface area contributed by atoms with Crippen LogP contribution in [0.25, 0.3) is 0 Å². The van der Waals surface area contributed by atoms with Crippen LogP contribution in [0.3, 0.4) is 0 Å². The van der Waals surface area contributed by atoms with Gasteiger partial charge in [0.15, 0.2) is 0 Å². The zero-order chi connectivity index (χ0) is 21.5. The molecular formula is C27H21N2OP. The smallest absolute Gasteiger partial charge is 0.267 e. The van der Waals surface area contributed by atoms with Crippen LogP contribution in [0.2, 0.25) is 0 Å². The number of amides is 1. The molecule has 1 amide bonds. The van der Waals surface area contributed by atoms with Crippen molar-refractivity contribution in [2.24, 2.45) is 0 Å². The predicted molar refractivity (Wildman–Crippen MR) is 131 cm³/mol. The summed E-state index contributed by atoms with van der Waals surface area (Å²) in [5, 5.41) is 16.4. The Bertz CT molecular complexity index is 1160. The molecule has 0 aliphatic heterocycles. The van der Waals surface area contributed by atoms with E-state index in [2.05, 4.69) is 11.4 Å². The lowest BCUT2D eigenvalue weighted by Crippen LogP contribution is -2.35. The molecule has 0 aromatic heterocycles. The second-order valence-electron chi connectivity index (χ2n) is 6.96. The van der Waals surface area contributed by atoms with Gasteiger partial charge in [0.2, 0.25) is 0 Å². The fraction of sp³-hybridized carbons (Fsp3) is 0. The third-order valence-electron chi connectivity index (χ3n) is 5.12. The molecule has 0 aliphatic carbocycles. The summed E-state index contributed by atoms with van der Waals surface area (Å²) in [6.45, 7) is -2.71. The maximum atomic E-state index is 13.6. The number of nitrogens with one attached hydrogen (secondary N) is 1. The number of carbonyl (C=O) groups excluding carboxylic acids is 1. The number of benzene rings is 4. The minimum atomic E-state index is -2.71. The van der Waals surface area contributed by atoms with Gasteiger partial charge in [0, 0.05) is 12.6 Å². The topological polar surface area (TPSA) is 52.9 Å². The van der Waals surface area contributed by atoms with E-state index >= 15 is 0 Å². The van der Waals surface area contributed by atoms with Gasteiger partial charge in [0.25, 0.3) is 5.91 Å². The summed E-state index contributed by atoms with van der Waals surface area (Å²) >= 11 is 0. The van der Waals surface area contributed by atoms with Crippen molar-refractivity contribution in [1.29, 1.82) is 5.26 Å². The van der Waals surface area contributed by atoms with Gasteiger partial charge in [-0.15, -0.1) is 0 Å². The number of carbonyl (C=O) groups is 1. The lowest BCUT2D eigenvalue weighted by atomic mass is 10.3. The third-order valence-corrected chi connectivity index (χ3v) is 9.31. The van der Waals surface area contributed by atoms with E-state index in [-0.39, 0.29) is 11.2 Å². The van der Waals surface area contributed by atoms with Crippen molar-refractivity contribution in [2.45, 2.75) is 0 Å². The number of para-hydroxylation sites is 1. The highest BCUT2D eigenvalue weighted by molar-refractivity contribution is 7.97. The lowest BCUT2D eigenvalue weighted by molar-refractivity contribution is -0.110. The highest BCUT2D eigenvalue weighted by Gasteiger charge is 2.33. The molecule has 4 rings (SSSR count). The van der Waals surface area contributed by atoms with Gasteiger partial charge in [-0.3, -0.25) is 4.79 Å². The third kappa shape index (κ3) is 3.94. The van der Waals surface area contributed by atoms with E-state index in [4.69, 9.17) is 0 Å². The molecule has 0 heterocycles. The molecule has 0 atom stereocenters. The Hall–Kier alpha value is -3.86. The van der Waals surface area contributed by atoms with Crippen LogP contribution in [0.5, 0.6) is 0 Å². The van der Waals surface area contributed by atoms with Gasteiger partial charge in [-0.05, 0) is 28.0 Å². The Kier molecular flexibility index (Phi) is 6.13. The zero-order valence-electron chi connectivity index (χ0n) is 16.8. The molecule has 4 heteroatoms. The highest BCUT2D eigenvalue weighted by atomic mass is 31.2. The van der Waals surface area contributed by atoms with E-state index in [0.717, 1.165) is 15.9 Å². The van der Waals surface area contributed by atoms with Crippen LogP contribution in [0.1, 0.15) is 0 Å². The van der Waals surface area contributed by atoms with Crippen molar-refractivity contribution >= 4 is 39.7 Å². The number of hydrogen-bond donors (Lipinski definition) is 1. The van der Waals surface area contributed by atoms with Crippen LogP contribution in [0.15, 0.2) is 121 Å². The lowest BCUT2D eigenvalue weighted by Gasteiger charge is -2.30. The number of hydrogen-bond acceptors (Lipinski definition) is 2. The molecule has 0 unspecified atom stereocenters. The summed E-state index contributed by atoms with van der Waals surface area (Å²) in [6.07, 6.45) is 0. The van der Waals surface area contributed by atoms with Gasteiger partial charge >= 0.3 is 0 Å². The van der Waals surface area contributed by atoms with Crippen molar-refractivity contribution in [3.05, 3.63) is 121 Å². The Balaban J connectivity index is 2.10. The summed E-state index contributed by atoms with van der Waals surface area (Å²) in [6, 6.07) is 41.2. The quantitative estimate of drug-likeness (QED) is 0.489. The average Bonchev–Trinajstić information content (AvgIpc) is 2.84. The molecule has 3 nitrogen and oxygen atoms in total. The number of anilines is 1. The van der Waals surface area contributed by atoms with Gasteiger partial charge in [0.1, 0.15) is 11.4 Å². The number of nitriles is 1. The molecule has 0 fully saturated rings. The first kappa shape index (κ1) is 20.4. The van der Waals surface area contributed by atoms with E-state index in [1.54, 1.807) is 0 Å². The van der Waals surface area contributed by atoms with Crippen LogP contribution < -0.4 is 21.2 Å². The molecule has 4 aromatic carbocycles. The molecule has 150 valence electrons. The first-order valence-corrected chi connectivity index (χ1v) is 11.8. The first-order valence-electron chi connectivity index (χ1n) is 9.96. The van der Waals surface area contributed by atoms with Crippen LogP contribution in [0.4, 0.5) is 5.69 Å². The van der Waals surface area contributed by atoms with E-state index in [9.17, 15) is 10.1 Å². The minimum Gasteiger partial charge on any atom is -0.321 e. The Morgan fingerprint density at radius 1 is 0.613 bits per heavy atom. The van der Waals surface area contributed by atoms with Gasteiger partial charge in [-0.2, -0.15) is 5.26 Å². The molecule has 0 saturated heterocycles. The van der Waals surface area contributed by atoms with Crippen molar-refractivity contribution in [1.82, 2.24) is 0 Å². The SMILES string of the molecule is N#CC(C(=O)Nc1ccccc1)=P(c1ccccc1)(c1ccccc1)c1ccccc1. The molecule has 4 aromatic rings. The van der Waals surface area contributed by atoms with E-state index in [0.29, 0.717) is 5.69 Å². The summed E-state index contributed by atoms with van der Waals surface area (Å²) in [5.74, 6) is -0.376. The Morgan fingerprint density at radius 3 is 1.32 bits per heavy atom. The standard InChI is InChI=1S/C27H21N2OP/c28-21-26(27(30)29-22-13-5-1-6-14-22)31(23-15-7-2-8-16-23,24-17-9-3-10-18-24)25-19-11-4-12-20-25/h1-20H,(H,29,30). The summed E-state index contributed by atoms with van der Waals surface area (Å²) < 4.78 is 0. The molecule has 0 bridgehead atoms. The van der Waals surface area contributed by atoms with E-state index < -0.39 is 6.89 Å². The van der Waals surface area contributed by atoms with Gasteiger partial charge in [-0.25, -0.2) is 0 Å². The second-order valence-corrected chi connectivity index (χ2v) is 10.3. The van der Waals surface area contributed by atoms with Gasteiger partial charge in [0.05, 0.1) is 0 Å². The van der Waals surface area contributed by atoms with Crippen LogP contribution in [0, 0.1) is 11.3 Å². The maximum Gasteiger partial charge on any atom is 0.267 e. The van der Waals surface area contributed by atoms with Gasteiger partial charge in [-0.1, -0.05) is 109 Å². The molecule has 1 N–H and O–H groups in total. The molecule has 0 saturated carbocycles. The Morgan fingerprint density at radius 2 is 0.968 bits per heavy atom. The summed E-state index contributed by atoms with van der Waals surface area (Å²) in [5.41, 5.74) is 0.660. The largest absolute Gasteiger partial charge is 0.321 e. The van der Waals surface area contributed by atoms with Crippen LogP contribution in [-0.4, -0.2) is 11.2 Å². The van der Waals surface area contributed by atoms with E-state index in [1.165, 1.54) is 0 Å². The second kappa shape index (κ2) is 9.30. The van der Waals surface area contributed by atoms with Crippen molar-refractivity contribution in [2.75, 3.05) is 5.32 Å². The maximum absolute atomic E-state index is 13.6. The van der Waals surface area contributed by atoms with Crippen LogP contribution >= 0.6 is 6.89 Å². The van der Waals surface area contributed by atoms with Crippen molar-refractivity contribution in [3.8, 4) is 6.07 Å². The number of nitrogens with zero attached hydrogens (tertiary/aromatic N) is 1. The predicted octanol–water partition coefficient (Wildman–Crippen LogP) is 4.32. The van der Waals surface area contributed by atoms with Gasteiger partial charge < -0.3 is 5.32 Å². The highest BCUT2D eigenvalue weighted by Crippen LogP contribution is 2.46. The molecule has 31 heavy (non-hydrogen) atoms. The average molecular weight is 420 g/mol. The molecular weight excluding hydrogens is 399 g/mol. The Labute approximate surface area is 182 Å². The summed E-state index contributed by atoms with van der Waals surface area (Å²) in [7, 11) is 0. The fourth-order valence-electron chi connectivity index (χ4n) is 3.78. The molecule has 0 radical (unpaired) electrons. The summed E-state index contributed by atoms with van der Waals surface area (Å²) in [4.78, 5) is 13.6. The molecule has 0 aliphatic rings.